The van der Waals surface area contributed by atoms with E-state index in [-0.39, 0.29) is 18.8 Å². The highest BCUT2D eigenvalue weighted by molar-refractivity contribution is 5.49. The molecular formula is C24H36F2. The van der Waals surface area contributed by atoms with Crippen LogP contribution in [-0.4, -0.2) is 5.92 Å². The lowest BCUT2D eigenvalue weighted by Crippen LogP contribution is -2.24. The van der Waals surface area contributed by atoms with Crippen molar-refractivity contribution in [2.45, 2.75) is 102 Å². The van der Waals surface area contributed by atoms with Crippen LogP contribution in [0.4, 0.5) is 8.78 Å². The van der Waals surface area contributed by atoms with E-state index in [2.05, 4.69) is 31.2 Å². The topological polar surface area (TPSA) is 0 Å². The average Bonchev–Trinajstić information content (AvgIpc) is 2.63. The molecule has 146 valence electrons. The maximum absolute atomic E-state index is 13.6. The van der Waals surface area contributed by atoms with Crippen LogP contribution in [-0.2, 0) is 0 Å². The van der Waals surface area contributed by atoms with E-state index in [0.29, 0.717) is 6.42 Å². The van der Waals surface area contributed by atoms with Crippen molar-refractivity contribution in [1.29, 1.82) is 0 Å². The first-order valence-corrected chi connectivity index (χ1v) is 10.7. The van der Waals surface area contributed by atoms with Crippen LogP contribution in [0.5, 0.6) is 0 Å². The van der Waals surface area contributed by atoms with Gasteiger partial charge < -0.3 is 0 Å². The van der Waals surface area contributed by atoms with Gasteiger partial charge in [0.05, 0.1) is 0 Å². The van der Waals surface area contributed by atoms with Gasteiger partial charge in [-0.1, -0.05) is 88.3 Å². The van der Waals surface area contributed by atoms with Gasteiger partial charge in [0, 0.05) is 12.8 Å². The molecule has 2 heteroatoms. The number of allylic oxidation sites excluding steroid dienone is 1. The summed E-state index contributed by atoms with van der Waals surface area (Å²) < 4.78 is 27.2. The minimum atomic E-state index is -2.47. The Morgan fingerprint density at radius 1 is 0.962 bits per heavy atom. The normalized spacial score (nSPS) is 19.9. The van der Waals surface area contributed by atoms with Crippen molar-refractivity contribution in [2.24, 2.45) is 0 Å². The first-order chi connectivity index (χ1) is 12.6. The minimum absolute atomic E-state index is 0.0145. The maximum Gasteiger partial charge on any atom is 0.248 e. The third kappa shape index (κ3) is 8.01. The van der Waals surface area contributed by atoms with E-state index in [1.165, 1.54) is 56.9 Å². The van der Waals surface area contributed by atoms with Gasteiger partial charge in [-0.3, -0.25) is 0 Å². The lowest BCUT2D eigenvalue weighted by atomic mass is 9.82. The standard InChI is InChI=1S/C24H36F2/c1-2-3-4-5-6-7-8-9-10-11-13-21-15-17-22(18-16-21)23-14-12-19-24(25,26)20-23/h11,13,15-18,23H,2-10,12,14,19-20H2,1H3/b13-11+. The van der Waals surface area contributed by atoms with Gasteiger partial charge in [0.15, 0.2) is 0 Å². The monoisotopic (exact) mass is 362 g/mol. The molecule has 0 N–H and O–H groups in total. The number of rotatable bonds is 11. The van der Waals surface area contributed by atoms with Gasteiger partial charge in [-0.25, -0.2) is 8.78 Å². The SMILES string of the molecule is CCCCCCCCCC/C=C/c1ccc(C2CCCC(F)(F)C2)cc1. The van der Waals surface area contributed by atoms with Crippen molar-refractivity contribution >= 4 is 6.08 Å². The molecule has 0 aliphatic heterocycles. The van der Waals surface area contributed by atoms with E-state index in [0.717, 1.165) is 18.4 Å². The van der Waals surface area contributed by atoms with Crippen molar-refractivity contribution in [2.75, 3.05) is 0 Å². The summed E-state index contributed by atoms with van der Waals surface area (Å²) in [4.78, 5) is 0. The van der Waals surface area contributed by atoms with Crippen LogP contribution >= 0.6 is 0 Å². The van der Waals surface area contributed by atoms with Gasteiger partial charge in [0.1, 0.15) is 0 Å². The zero-order valence-electron chi connectivity index (χ0n) is 16.5. The molecule has 0 saturated heterocycles. The highest BCUT2D eigenvalue weighted by Gasteiger charge is 2.36. The Bertz CT molecular complexity index is 516. The Kier molecular flexibility index (Phi) is 9.36. The van der Waals surface area contributed by atoms with Crippen LogP contribution in [0.3, 0.4) is 0 Å². The summed E-state index contributed by atoms with van der Waals surface area (Å²) >= 11 is 0. The molecule has 1 saturated carbocycles. The van der Waals surface area contributed by atoms with Crippen LogP contribution in [0.25, 0.3) is 6.08 Å². The van der Waals surface area contributed by atoms with Gasteiger partial charge in [-0.05, 0) is 42.7 Å². The minimum Gasteiger partial charge on any atom is -0.207 e. The summed E-state index contributed by atoms with van der Waals surface area (Å²) in [6.45, 7) is 2.26. The maximum atomic E-state index is 13.6. The zero-order chi connectivity index (χ0) is 18.7. The van der Waals surface area contributed by atoms with Crippen LogP contribution < -0.4 is 0 Å². The molecule has 1 unspecified atom stereocenters. The van der Waals surface area contributed by atoms with Crippen molar-refractivity contribution < 1.29 is 8.78 Å². The second-order valence-electron chi connectivity index (χ2n) is 7.98. The molecule has 0 heterocycles. The quantitative estimate of drug-likeness (QED) is 0.346. The molecule has 0 spiro atoms. The van der Waals surface area contributed by atoms with E-state index in [4.69, 9.17) is 0 Å². The predicted molar refractivity (Wildman–Crippen MR) is 109 cm³/mol. The molecule has 1 aromatic carbocycles. The largest absolute Gasteiger partial charge is 0.248 e. The lowest BCUT2D eigenvalue weighted by molar-refractivity contribution is -0.0408. The fraction of sp³-hybridized carbons (Fsp3) is 0.667. The molecule has 26 heavy (non-hydrogen) atoms. The summed E-state index contributed by atoms with van der Waals surface area (Å²) in [5, 5.41) is 0. The van der Waals surface area contributed by atoms with E-state index < -0.39 is 5.92 Å². The van der Waals surface area contributed by atoms with Crippen LogP contribution in [0, 0.1) is 0 Å². The first kappa shape index (κ1) is 21.1. The van der Waals surface area contributed by atoms with E-state index >= 15 is 0 Å². The highest BCUT2D eigenvalue weighted by atomic mass is 19.3. The summed E-state index contributed by atoms with van der Waals surface area (Å²) in [6, 6.07) is 8.24. The third-order valence-electron chi connectivity index (χ3n) is 5.58. The highest BCUT2D eigenvalue weighted by Crippen LogP contribution is 2.41. The van der Waals surface area contributed by atoms with Gasteiger partial charge >= 0.3 is 0 Å². The Morgan fingerprint density at radius 2 is 1.62 bits per heavy atom. The second kappa shape index (κ2) is 11.5. The van der Waals surface area contributed by atoms with Crippen LogP contribution in [0.1, 0.15) is 107 Å². The van der Waals surface area contributed by atoms with Crippen molar-refractivity contribution in [3.63, 3.8) is 0 Å². The summed E-state index contributed by atoms with van der Waals surface area (Å²) in [6.07, 6.45) is 18.0. The number of unbranched alkanes of at least 4 members (excludes halogenated alkanes) is 8. The van der Waals surface area contributed by atoms with E-state index in [9.17, 15) is 8.78 Å². The smallest absolute Gasteiger partial charge is 0.207 e. The molecule has 1 aromatic rings. The Labute approximate surface area is 159 Å². The van der Waals surface area contributed by atoms with Gasteiger partial charge in [0.2, 0.25) is 5.92 Å². The van der Waals surface area contributed by atoms with Gasteiger partial charge in [-0.15, -0.1) is 0 Å². The average molecular weight is 363 g/mol. The number of benzene rings is 1. The summed E-state index contributed by atoms with van der Waals surface area (Å²) in [7, 11) is 0. The molecule has 0 bridgehead atoms. The number of alkyl halides is 2. The fourth-order valence-corrected chi connectivity index (χ4v) is 3.95. The molecule has 0 amide bonds. The zero-order valence-corrected chi connectivity index (χ0v) is 16.5. The third-order valence-corrected chi connectivity index (χ3v) is 5.58. The number of hydrogen-bond donors (Lipinski definition) is 0. The molecule has 1 aliphatic carbocycles. The van der Waals surface area contributed by atoms with Crippen molar-refractivity contribution in [3.8, 4) is 0 Å². The number of hydrogen-bond acceptors (Lipinski definition) is 0. The summed E-state index contributed by atoms with van der Waals surface area (Å²) in [5.41, 5.74) is 2.25. The van der Waals surface area contributed by atoms with Crippen molar-refractivity contribution in [3.05, 3.63) is 41.5 Å². The lowest BCUT2D eigenvalue weighted by Gasteiger charge is -2.29. The second-order valence-corrected chi connectivity index (χ2v) is 7.98. The molecule has 2 rings (SSSR count). The molecule has 0 nitrogen and oxygen atoms in total. The fourth-order valence-electron chi connectivity index (χ4n) is 3.95. The Hall–Kier alpha value is -1.18. The van der Waals surface area contributed by atoms with E-state index in [1.807, 2.05) is 12.1 Å². The predicted octanol–water partition coefficient (Wildman–Crippen LogP) is 8.52. The van der Waals surface area contributed by atoms with Gasteiger partial charge in [-0.2, -0.15) is 0 Å². The van der Waals surface area contributed by atoms with E-state index in [1.54, 1.807) is 0 Å². The molecule has 0 radical (unpaired) electrons. The summed E-state index contributed by atoms with van der Waals surface area (Å²) in [5.74, 6) is -2.45. The van der Waals surface area contributed by atoms with Crippen molar-refractivity contribution in [1.82, 2.24) is 0 Å². The number of halogens is 2. The molecule has 0 aromatic heterocycles. The first-order valence-electron chi connectivity index (χ1n) is 10.7. The molecular weight excluding hydrogens is 326 g/mol. The molecule has 1 atom stereocenters. The molecule has 1 fully saturated rings. The molecule has 1 aliphatic rings. The van der Waals surface area contributed by atoms with Gasteiger partial charge in [0.25, 0.3) is 0 Å². The Morgan fingerprint density at radius 3 is 2.27 bits per heavy atom. The Balaban J connectivity index is 1.63. The van der Waals surface area contributed by atoms with Crippen LogP contribution in [0.15, 0.2) is 30.3 Å². The van der Waals surface area contributed by atoms with Crippen LogP contribution in [0.2, 0.25) is 0 Å².